The Bertz CT molecular complexity index is 516. The van der Waals surface area contributed by atoms with Crippen LogP contribution in [0.25, 0.3) is 0 Å². The van der Waals surface area contributed by atoms with Crippen LogP contribution in [-0.2, 0) is 24.1 Å². The number of carboxylic acid groups (broad SMARTS) is 1. The minimum atomic E-state index is -3.29. The van der Waals surface area contributed by atoms with Gasteiger partial charge < -0.3 is 14.6 Å². The summed E-state index contributed by atoms with van der Waals surface area (Å²) in [6, 6.07) is 0. The molecular weight excluding hydrogens is 296 g/mol. The lowest BCUT2D eigenvalue weighted by molar-refractivity contribution is -0.138. The van der Waals surface area contributed by atoms with Crippen LogP contribution in [0.2, 0.25) is 0 Å². The maximum Gasteiger partial charge on any atom is 0.303 e. The Hall–Kier alpha value is -0.660. The maximum absolute atomic E-state index is 12.7. The van der Waals surface area contributed by atoms with Crippen molar-refractivity contribution in [3.05, 3.63) is 0 Å². The largest absolute Gasteiger partial charge is 0.481 e. The van der Waals surface area contributed by atoms with Gasteiger partial charge in [0.25, 0.3) is 0 Å². The molecule has 0 radical (unpaired) electrons. The van der Waals surface area contributed by atoms with Crippen LogP contribution >= 0.6 is 0 Å². The Morgan fingerprint density at radius 1 is 1.24 bits per heavy atom. The van der Waals surface area contributed by atoms with Crippen molar-refractivity contribution in [2.24, 2.45) is 5.41 Å². The first-order valence-electron chi connectivity index (χ1n) is 7.50. The summed E-state index contributed by atoms with van der Waals surface area (Å²) < 4.78 is 36.5. The highest BCUT2D eigenvalue weighted by atomic mass is 32.2. The van der Waals surface area contributed by atoms with Gasteiger partial charge in [0.2, 0.25) is 0 Å². The summed E-state index contributed by atoms with van der Waals surface area (Å²) in [7, 11) is -3.29. The summed E-state index contributed by atoms with van der Waals surface area (Å²) >= 11 is 0. The number of rotatable bonds is 5. The van der Waals surface area contributed by atoms with E-state index in [0.717, 1.165) is 6.42 Å². The predicted molar refractivity (Wildman–Crippen MR) is 74.8 cm³/mol. The molecule has 0 amide bonds. The Balaban J connectivity index is 1.68. The van der Waals surface area contributed by atoms with Crippen molar-refractivity contribution >= 4 is 15.8 Å². The zero-order valence-electron chi connectivity index (χ0n) is 12.0. The van der Waals surface area contributed by atoms with Crippen LogP contribution in [0.4, 0.5) is 0 Å². The second-order valence-electron chi connectivity index (χ2n) is 6.83. The maximum atomic E-state index is 12.7. The monoisotopic (exact) mass is 318 g/mol. The van der Waals surface area contributed by atoms with Gasteiger partial charge in [0.05, 0.1) is 29.6 Å². The van der Waals surface area contributed by atoms with Crippen LogP contribution in [0, 0.1) is 5.41 Å². The van der Waals surface area contributed by atoms with Gasteiger partial charge in [-0.25, -0.2) is 8.42 Å². The van der Waals surface area contributed by atoms with Crippen molar-refractivity contribution in [3.8, 4) is 0 Å². The van der Waals surface area contributed by atoms with Gasteiger partial charge in [0, 0.05) is 19.6 Å². The van der Waals surface area contributed by atoms with Gasteiger partial charge in [-0.3, -0.25) is 4.79 Å². The van der Waals surface area contributed by atoms with E-state index in [9.17, 15) is 13.2 Å². The molecule has 3 aliphatic rings. The molecule has 2 atom stereocenters. The number of carbonyl (C=O) groups is 1. The fourth-order valence-corrected chi connectivity index (χ4v) is 6.06. The molecule has 0 aromatic heterocycles. The smallest absolute Gasteiger partial charge is 0.303 e. The van der Waals surface area contributed by atoms with Crippen molar-refractivity contribution in [3.63, 3.8) is 0 Å². The molecule has 3 fully saturated rings. The van der Waals surface area contributed by atoms with E-state index in [0.29, 0.717) is 45.5 Å². The molecule has 1 saturated carbocycles. The van der Waals surface area contributed by atoms with Crippen LogP contribution in [0.5, 0.6) is 0 Å². The number of hydrogen-bond donors (Lipinski definition) is 1. The molecule has 0 bridgehead atoms. The van der Waals surface area contributed by atoms with Gasteiger partial charge in [0.1, 0.15) is 0 Å². The molecule has 1 N–H and O–H groups in total. The third-order valence-electron chi connectivity index (χ3n) is 5.01. The molecule has 7 heteroatoms. The molecule has 21 heavy (non-hydrogen) atoms. The van der Waals surface area contributed by atoms with Crippen LogP contribution < -0.4 is 0 Å². The zero-order chi connectivity index (χ0) is 15.1. The average Bonchev–Trinajstić information content (AvgIpc) is 2.96. The molecule has 6 nitrogen and oxygen atoms in total. The highest BCUT2D eigenvalue weighted by molar-refractivity contribution is 7.92. The fourth-order valence-electron chi connectivity index (χ4n) is 3.57. The molecule has 120 valence electrons. The Kier molecular flexibility index (Phi) is 3.78. The molecule has 3 rings (SSSR count). The molecule has 2 saturated heterocycles. The standard InChI is InChI=1S/C14H22O6S/c15-12(16)8-13(2-3-13)10-21(17,18)11-1-5-20-14(7-11)4-6-19-9-14/h11H,1-10H2,(H,15,16). The highest BCUT2D eigenvalue weighted by Gasteiger charge is 2.51. The topological polar surface area (TPSA) is 89.9 Å². The van der Waals surface area contributed by atoms with Crippen molar-refractivity contribution < 1.29 is 27.8 Å². The second-order valence-corrected chi connectivity index (χ2v) is 9.11. The van der Waals surface area contributed by atoms with E-state index in [4.69, 9.17) is 14.6 Å². The van der Waals surface area contributed by atoms with Crippen molar-refractivity contribution in [2.45, 2.75) is 49.4 Å². The van der Waals surface area contributed by atoms with Gasteiger partial charge in [0.15, 0.2) is 9.84 Å². The Labute approximate surface area is 124 Å². The van der Waals surface area contributed by atoms with Crippen molar-refractivity contribution in [2.75, 3.05) is 25.6 Å². The molecule has 1 aliphatic carbocycles. The third-order valence-corrected chi connectivity index (χ3v) is 7.45. The first-order valence-corrected chi connectivity index (χ1v) is 9.22. The van der Waals surface area contributed by atoms with Crippen molar-refractivity contribution in [1.82, 2.24) is 0 Å². The third kappa shape index (κ3) is 3.24. The first kappa shape index (κ1) is 15.2. The van der Waals surface area contributed by atoms with E-state index in [2.05, 4.69) is 0 Å². The minimum Gasteiger partial charge on any atom is -0.481 e. The zero-order valence-corrected chi connectivity index (χ0v) is 12.9. The lowest BCUT2D eigenvalue weighted by Gasteiger charge is -2.37. The fraction of sp³-hybridized carbons (Fsp3) is 0.929. The number of ether oxygens (including phenoxy) is 2. The summed E-state index contributed by atoms with van der Waals surface area (Å²) in [5.41, 5.74) is -0.943. The molecule has 1 spiro atoms. The van der Waals surface area contributed by atoms with Gasteiger partial charge >= 0.3 is 5.97 Å². The Morgan fingerprint density at radius 3 is 2.57 bits per heavy atom. The van der Waals surface area contributed by atoms with Crippen LogP contribution in [0.3, 0.4) is 0 Å². The molecule has 2 heterocycles. The SMILES string of the molecule is O=C(O)CC1(CS(=O)(=O)C2CCOC3(CCOC3)C2)CC1. The lowest BCUT2D eigenvalue weighted by Crippen LogP contribution is -2.46. The number of sulfone groups is 1. The second kappa shape index (κ2) is 5.21. The minimum absolute atomic E-state index is 0.00784. The average molecular weight is 318 g/mol. The summed E-state index contributed by atoms with van der Waals surface area (Å²) in [6.45, 7) is 1.54. The quantitative estimate of drug-likeness (QED) is 0.813. The summed E-state index contributed by atoms with van der Waals surface area (Å²) in [4.78, 5) is 10.9. The number of aliphatic carboxylic acids is 1. The normalized spacial score (nSPS) is 35.0. The van der Waals surface area contributed by atoms with Gasteiger partial charge in [-0.2, -0.15) is 0 Å². The lowest BCUT2D eigenvalue weighted by atomic mass is 9.93. The van der Waals surface area contributed by atoms with Gasteiger partial charge in [-0.1, -0.05) is 0 Å². The van der Waals surface area contributed by atoms with Crippen LogP contribution in [-0.4, -0.2) is 55.9 Å². The van der Waals surface area contributed by atoms with E-state index in [1.165, 1.54) is 0 Å². The number of carboxylic acids is 1. The van der Waals surface area contributed by atoms with E-state index in [-0.39, 0.29) is 12.2 Å². The molecule has 0 aromatic rings. The molecule has 2 aliphatic heterocycles. The first-order chi connectivity index (χ1) is 9.85. The van der Waals surface area contributed by atoms with Crippen LogP contribution in [0.1, 0.15) is 38.5 Å². The van der Waals surface area contributed by atoms with Crippen LogP contribution in [0.15, 0.2) is 0 Å². The van der Waals surface area contributed by atoms with E-state index >= 15 is 0 Å². The van der Waals surface area contributed by atoms with E-state index in [1.807, 2.05) is 0 Å². The summed E-state index contributed by atoms with van der Waals surface area (Å²) in [6.07, 6.45) is 3.11. The highest BCUT2D eigenvalue weighted by Crippen LogP contribution is 2.51. The van der Waals surface area contributed by atoms with Gasteiger partial charge in [-0.15, -0.1) is 0 Å². The van der Waals surface area contributed by atoms with Gasteiger partial charge in [-0.05, 0) is 31.1 Å². The Morgan fingerprint density at radius 2 is 2.00 bits per heavy atom. The van der Waals surface area contributed by atoms with E-state index < -0.39 is 32.1 Å². The summed E-state index contributed by atoms with van der Waals surface area (Å²) in [5, 5.41) is 8.52. The van der Waals surface area contributed by atoms with Crippen molar-refractivity contribution in [1.29, 1.82) is 0 Å². The predicted octanol–water partition coefficient (Wildman–Crippen LogP) is 0.994. The molecular formula is C14H22O6S. The molecule has 2 unspecified atom stereocenters. The number of hydrogen-bond acceptors (Lipinski definition) is 5. The van der Waals surface area contributed by atoms with E-state index in [1.54, 1.807) is 0 Å². The summed E-state index contributed by atoms with van der Waals surface area (Å²) in [5.74, 6) is -0.899. The molecule has 0 aromatic carbocycles.